The van der Waals surface area contributed by atoms with E-state index in [1.165, 1.54) is 35.0 Å². The Kier molecular flexibility index (Phi) is 5.89. The topological polar surface area (TPSA) is 77.4 Å². The predicted octanol–water partition coefficient (Wildman–Crippen LogP) is 4.78. The Morgan fingerprint density at radius 2 is 1.79 bits per heavy atom. The van der Waals surface area contributed by atoms with Crippen molar-refractivity contribution in [2.75, 3.05) is 11.9 Å². The van der Waals surface area contributed by atoms with Crippen LogP contribution in [0.3, 0.4) is 0 Å². The summed E-state index contributed by atoms with van der Waals surface area (Å²) in [5.74, 6) is -0.729. The second kappa shape index (κ2) is 8.65. The number of pyridine rings is 1. The number of halogens is 1. The molecule has 1 heterocycles. The van der Waals surface area contributed by atoms with Crippen LogP contribution in [0.4, 0.5) is 10.1 Å². The molecule has 170 valence electrons. The summed E-state index contributed by atoms with van der Waals surface area (Å²) in [6, 6.07) is 12.3. The van der Waals surface area contributed by atoms with Gasteiger partial charge in [0.25, 0.3) is 11.5 Å². The van der Waals surface area contributed by atoms with Crippen LogP contribution in [-0.2, 0) is 6.42 Å². The minimum atomic E-state index is -0.620. The molecule has 0 aliphatic heterocycles. The van der Waals surface area contributed by atoms with Crippen LogP contribution in [0.25, 0.3) is 5.69 Å². The summed E-state index contributed by atoms with van der Waals surface area (Å²) < 4.78 is 20.3. The minimum absolute atomic E-state index is 0.0933. The molecule has 1 amide bonds. The number of benzene rings is 2. The Bertz CT molecular complexity index is 1290. The summed E-state index contributed by atoms with van der Waals surface area (Å²) >= 11 is 0. The summed E-state index contributed by atoms with van der Waals surface area (Å²) in [6.45, 7) is 6.12. The predicted molar refractivity (Wildman–Crippen MR) is 124 cm³/mol. The smallest absolute Gasteiger partial charge is 0.268 e. The number of ketones is 1. The van der Waals surface area contributed by atoms with Crippen LogP contribution in [0.2, 0.25) is 0 Å². The van der Waals surface area contributed by atoms with Gasteiger partial charge in [-0.2, -0.15) is 0 Å². The van der Waals surface area contributed by atoms with E-state index in [-0.39, 0.29) is 11.3 Å². The number of hydrogen-bond acceptors (Lipinski definition) is 4. The highest BCUT2D eigenvalue weighted by Gasteiger charge is 2.36. The van der Waals surface area contributed by atoms with Crippen LogP contribution in [0.1, 0.15) is 53.5 Å². The van der Waals surface area contributed by atoms with E-state index in [4.69, 9.17) is 4.74 Å². The Hall–Kier alpha value is -3.74. The van der Waals surface area contributed by atoms with Gasteiger partial charge in [-0.05, 0) is 60.7 Å². The number of Topliss-reactive ketones (excluding diaryl/α,β-unsaturated/α-hetero) is 1. The number of carbonyl (C=O) groups is 2. The number of anilines is 1. The molecule has 1 N–H and O–H groups in total. The number of nitrogens with zero attached hydrogens (tertiary/aromatic N) is 1. The molecule has 4 rings (SSSR count). The van der Waals surface area contributed by atoms with Crippen LogP contribution in [0.5, 0.6) is 5.75 Å². The first kappa shape index (κ1) is 22.5. The van der Waals surface area contributed by atoms with Gasteiger partial charge < -0.3 is 10.1 Å². The van der Waals surface area contributed by atoms with Crippen molar-refractivity contribution in [3.8, 4) is 11.4 Å². The molecule has 0 saturated carbocycles. The molecule has 2 aromatic carbocycles. The largest absolute Gasteiger partial charge is 0.492 e. The van der Waals surface area contributed by atoms with Gasteiger partial charge in [-0.1, -0.05) is 26.0 Å². The normalized spacial score (nSPS) is 14.5. The standard InChI is InChI=1S/C26H25FN2O4/c1-4-33-22-8-6-5-7-20(22)28-24(31)23-18-13-26(2,3)14-21(30)19(18)15-29(25(23)32)17-11-9-16(27)10-12-17/h5-12,15H,4,13-14H2,1-3H3,(H,28,31). The third-order valence-electron chi connectivity index (χ3n) is 5.68. The van der Waals surface area contributed by atoms with Crippen molar-refractivity contribution in [1.82, 2.24) is 4.57 Å². The van der Waals surface area contributed by atoms with E-state index >= 15 is 0 Å². The lowest BCUT2D eigenvalue weighted by molar-refractivity contribution is 0.0910. The zero-order chi connectivity index (χ0) is 23.8. The molecule has 0 atom stereocenters. The number of carbonyl (C=O) groups excluding carboxylic acids is 2. The Balaban J connectivity index is 1.89. The van der Waals surface area contributed by atoms with E-state index < -0.39 is 22.7 Å². The summed E-state index contributed by atoms with van der Waals surface area (Å²) in [7, 11) is 0. The first-order valence-corrected chi connectivity index (χ1v) is 10.8. The monoisotopic (exact) mass is 448 g/mol. The van der Waals surface area contributed by atoms with Gasteiger partial charge in [-0.25, -0.2) is 4.39 Å². The lowest BCUT2D eigenvalue weighted by Crippen LogP contribution is -2.37. The van der Waals surface area contributed by atoms with E-state index in [2.05, 4.69) is 5.32 Å². The van der Waals surface area contributed by atoms with Crippen LogP contribution in [0.15, 0.2) is 59.5 Å². The Morgan fingerprint density at radius 3 is 2.48 bits per heavy atom. The zero-order valence-corrected chi connectivity index (χ0v) is 18.8. The minimum Gasteiger partial charge on any atom is -0.492 e. The number of ether oxygens (including phenoxy) is 1. The highest BCUT2D eigenvalue weighted by molar-refractivity contribution is 6.09. The quantitative estimate of drug-likeness (QED) is 0.609. The Morgan fingerprint density at radius 1 is 1.09 bits per heavy atom. The maximum atomic E-state index is 13.6. The van der Waals surface area contributed by atoms with Crippen molar-refractivity contribution in [3.63, 3.8) is 0 Å². The third kappa shape index (κ3) is 4.44. The second-order valence-corrected chi connectivity index (χ2v) is 8.87. The first-order chi connectivity index (χ1) is 15.7. The van der Waals surface area contributed by atoms with Crippen LogP contribution < -0.4 is 15.6 Å². The molecule has 0 fully saturated rings. The van der Waals surface area contributed by atoms with Crippen molar-refractivity contribution in [3.05, 3.63) is 87.6 Å². The number of amides is 1. The average Bonchev–Trinajstić information content (AvgIpc) is 2.75. The van der Waals surface area contributed by atoms with Crippen LogP contribution in [-0.4, -0.2) is 22.9 Å². The molecule has 0 radical (unpaired) electrons. The molecular weight excluding hydrogens is 423 g/mol. The highest BCUT2D eigenvalue weighted by Crippen LogP contribution is 2.36. The SMILES string of the molecule is CCOc1ccccc1NC(=O)c1c2c(cn(-c3ccc(F)cc3)c1=O)C(=O)CC(C)(C)C2. The van der Waals surface area contributed by atoms with E-state index in [0.717, 1.165) is 0 Å². The van der Waals surface area contributed by atoms with Crippen molar-refractivity contribution in [2.45, 2.75) is 33.6 Å². The first-order valence-electron chi connectivity index (χ1n) is 10.8. The molecule has 7 heteroatoms. The van der Waals surface area contributed by atoms with Gasteiger partial charge in [0.05, 0.1) is 12.3 Å². The fraction of sp³-hybridized carbons (Fsp3) is 0.269. The molecule has 0 bridgehead atoms. The van der Waals surface area contributed by atoms with Crippen molar-refractivity contribution in [1.29, 1.82) is 0 Å². The molecule has 3 aromatic rings. The van der Waals surface area contributed by atoms with Crippen molar-refractivity contribution >= 4 is 17.4 Å². The average molecular weight is 448 g/mol. The molecule has 1 aromatic heterocycles. The summed E-state index contributed by atoms with van der Waals surface area (Å²) in [5, 5.41) is 2.78. The van der Waals surface area contributed by atoms with Gasteiger partial charge in [-0.15, -0.1) is 0 Å². The fourth-order valence-corrected chi connectivity index (χ4v) is 4.21. The molecule has 1 aliphatic rings. The number of aromatic nitrogens is 1. The van der Waals surface area contributed by atoms with Gasteiger partial charge in [0.15, 0.2) is 5.78 Å². The molecule has 1 aliphatic carbocycles. The molecule has 0 unspecified atom stereocenters. The summed E-state index contributed by atoms with van der Waals surface area (Å²) in [5.41, 5.74) is 0.507. The van der Waals surface area contributed by atoms with E-state index in [0.29, 0.717) is 47.7 Å². The van der Waals surface area contributed by atoms with Gasteiger partial charge in [0.2, 0.25) is 0 Å². The van der Waals surface area contributed by atoms with E-state index in [9.17, 15) is 18.8 Å². The van der Waals surface area contributed by atoms with Crippen LogP contribution >= 0.6 is 0 Å². The lowest BCUT2D eigenvalue weighted by atomic mass is 9.73. The number of para-hydroxylation sites is 2. The number of hydrogen-bond donors (Lipinski definition) is 1. The maximum absolute atomic E-state index is 13.6. The van der Waals surface area contributed by atoms with Crippen LogP contribution in [0, 0.1) is 11.2 Å². The fourth-order valence-electron chi connectivity index (χ4n) is 4.21. The van der Waals surface area contributed by atoms with Gasteiger partial charge in [0.1, 0.15) is 17.1 Å². The van der Waals surface area contributed by atoms with Gasteiger partial charge in [-0.3, -0.25) is 19.0 Å². The highest BCUT2D eigenvalue weighted by atomic mass is 19.1. The van der Waals surface area contributed by atoms with E-state index in [1.54, 1.807) is 24.3 Å². The molecule has 33 heavy (non-hydrogen) atoms. The van der Waals surface area contributed by atoms with Crippen molar-refractivity contribution < 1.29 is 18.7 Å². The number of rotatable bonds is 5. The number of nitrogens with one attached hydrogen (secondary N) is 1. The zero-order valence-electron chi connectivity index (χ0n) is 18.8. The summed E-state index contributed by atoms with van der Waals surface area (Å²) in [6.07, 6.45) is 2.17. The molecular formula is C26H25FN2O4. The lowest BCUT2D eigenvalue weighted by Gasteiger charge is -2.31. The summed E-state index contributed by atoms with van der Waals surface area (Å²) in [4.78, 5) is 40.0. The Labute approximate surface area is 191 Å². The molecule has 6 nitrogen and oxygen atoms in total. The maximum Gasteiger partial charge on any atom is 0.268 e. The number of fused-ring (bicyclic) bond motifs is 1. The van der Waals surface area contributed by atoms with Crippen molar-refractivity contribution in [2.24, 2.45) is 5.41 Å². The molecule has 0 saturated heterocycles. The second-order valence-electron chi connectivity index (χ2n) is 8.87. The third-order valence-corrected chi connectivity index (χ3v) is 5.68. The van der Waals surface area contributed by atoms with E-state index in [1.807, 2.05) is 20.8 Å². The molecule has 0 spiro atoms. The van der Waals surface area contributed by atoms with Gasteiger partial charge >= 0.3 is 0 Å². The van der Waals surface area contributed by atoms with Gasteiger partial charge in [0, 0.05) is 23.9 Å².